The first kappa shape index (κ1) is 23.3. The number of halogens is 1. The van der Waals surface area contributed by atoms with E-state index in [1.54, 1.807) is 21.3 Å². The Labute approximate surface area is 138 Å². The lowest BCUT2D eigenvalue weighted by Gasteiger charge is -2.27. The quantitative estimate of drug-likeness (QED) is 0.279. The third-order valence-electron chi connectivity index (χ3n) is 3.60. The van der Waals surface area contributed by atoms with E-state index < -0.39 is 16.1 Å². The summed E-state index contributed by atoms with van der Waals surface area (Å²) in [5.74, 6) is 0. The van der Waals surface area contributed by atoms with Gasteiger partial charge in [-0.3, -0.25) is 0 Å². The summed E-state index contributed by atoms with van der Waals surface area (Å²) < 4.78 is 16.4. The fraction of sp³-hybridized carbons (Fsp3) is 0.600. The van der Waals surface area contributed by atoms with E-state index in [4.69, 9.17) is 13.3 Å². The van der Waals surface area contributed by atoms with Crippen LogP contribution in [0.25, 0.3) is 0 Å². The van der Waals surface area contributed by atoms with Crippen molar-refractivity contribution in [3.63, 3.8) is 0 Å². The molecule has 0 aromatic rings. The van der Waals surface area contributed by atoms with Gasteiger partial charge in [-0.1, -0.05) is 38.0 Å². The average Bonchev–Trinajstić information content (AvgIpc) is 2.45. The summed E-state index contributed by atoms with van der Waals surface area (Å²) in [6, 6.07) is 0.851. The second-order valence-electron chi connectivity index (χ2n) is 4.88. The maximum atomic E-state index is 5.48. The highest BCUT2D eigenvalue weighted by Crippen LogP contribution is 2.59. The molecule has 0 fully saturated rings. The largest absolute Gasteiger partial charge is 1.00 e. The normalized spacial score (nSPS) is 11.6. The van der Waals surface area contributed by atoms with E-state index in [0.29, 0.717) is 0 Å². The van der Waals surface area contributed by atoms with Crippen molar-refractivity contribution in [2.75, 3.05) is 46.0 Å². The van der Waals surface area contributed by atoms with Crippen molar-refractivity contribution in [1.82, 2.24) is 0 Å². The Balaban J connectivity index is 0. The van der Waals surface area contributed by atoms with Gasteiger partial charge < -0.3 is 25.7 Å². The summed E-state index contributed by atoms with van der Waals surface area (Å²) in [6.45, 7) is 11.7. The van der Waals surface area contributed by atoms with E-state index in [9.17, 15) is 0 Å². The van der Waals surface area contributed by atoms with Crippen LogP contribution in [0.1, 0.15) is 6.42 Å². The van der Waals surface area contributed by atoms with E-state index in [-0.39, 0.29) is 12.4 Å². The van der Waals surface area contributed by atoms with Crippen molar-refractivity contribution in [1.29, 1.82) is 0 Å². The average molecular weight is 353 g/mol. The SMILES string of the molecule is C=CC[P+](CC=C)(CC=C)CCC[Si](OC)(OC)OC.[Cl-]. The molecule has 0 saturated heterocycles. The molecule has 0 rings (SSSR count). The fourth-order valence-corrected chi connectivity index (χ4v) is 7.99. The molecule has 3 nitrogen and oxygen atoms in total. The second kappa shape index (κ2) is 12.6. The van der Waals surface area contributed by atoms with Gasteiger partial charge in [-0.2, -0.15) is 0 Å². The minimum Gasteiger partial charge on any atom is -1.00 e. The Hall–Kier alpha value is 0.0369. The molecule has 0 aliphatic rings. The van der Waals surface area contributed by atoms with Gasteiger partial charge in [0.25, 0.3) is 0 Å². The van der Waals surface area contributed by atoms with Gasteiger partial charge in [-0.15, -0.1) is 0 Å². The Morgan fingerprint density at radius 2 is 1.24 bits per heavy atom. The van der Waals surface area contributed by atoms with Crippen LogP contribution in [0, 0.1) is 0 Å². The molecular weight excluding hydrogens is 323 g/mol. The lowest BCUT2D eigenvalue weighted by atomic mass is 10.6. The van der Waals surface area contributed by atoms with Crippen LogP contribution in [-0.4, -0.2) is 54.8 Å². The summed E-state index contributed by atoms with van der Waals surface area (Å²) in [6.07, 6.45) is 11.6. The maximum Gasteiger partial charge on any atom is 0.500 e. The second-order valence-corrected chi connectivity index (χ2v) is 12.2. The molecule has 124 valence electrons. The van der Waals surface area contributed by atoms with Crippen molar-refractivity contribution in [3.05, 3.63) is 38.0 Å². The zero-order chi connectivity index (χ0) is 15.5. The molecule has 0 spiro atoms. The van der Waals surface area contributed by atoms with Crippen LogP contribution in [0.5, 0.6) is 0 Å². The van der Waals surface area contributed by atoms with Crippen LogP contribution in [0.2, 0.25) is 6.04 Å². The highest BCUT2D eigenvalue weighted by molar-refractivity contribution is 7.76. The van der Waals surface area contributed by atoms with Crippen LogP contribution in [0.15, 0.2) is 38.0 Å². The predicted molar refractivity (Wildman–Crippen MR) is 93.2 cm³/mol. The third kappa shape index (κ3) is 7.73. The highest BCUT2D eigenvalue weighted by atomic mass is 35.5. The lowest BCUT2D eigenvalue weighted by Crippen LogP contribution is -3.00. The zero-order valence-electron chi connectivity index (χ0n) is 13.6. The van der Waals surface area contributed by atoms with E-state index >= 15 is 0 Å². The highest BCUT2D eigenvalue weighted by Gasteiger charge is 2.40. The van der Waals surface area contributed by atoms with Gasteiger partial charge in [-0.05, 0) is 6.42 Å². The molecule has 0 amide bonds. The smallest absolute Gasteiger partial charge is 0.500 e. The predicted octanol–water partition coefficient (Wildman–Crippen LogP) is 0.834. The molecule has 6 heteroatoms. The molecule has 0 N–H and O–H groups in total. The molecule has 0 bridgehead atoms. The van der Waals surface area contributed by atoms with Crippen LogP contribution in [0.3, 0.4) is 0 Å². The fourth-order valence-electron chi connectivity index (χ4n) is 2.51. The molecule has 0 aromatic heterocycles. The summed E-state index contributed by atoms with van der Waals surface area (Å²) in [5.41, 5.74) is 0. The Bertz CT molecular complexity index is 274. The first-order valence-corrected chi connectivity index (χ1v) is 11.4. The van der Waals surface area contributed by atoms with Gasteiger partial charge in [0.15, 0.2) is 0 Å². The van der Waals surface area contributed by atoms with E-state index in [0.717, 1.165) is 31.0 Å². The molecular formula is C15H30ClO3PSi. The van der Waals surface area contributed by atoms with Gasteiger partial charge >= 0.3 is 8.80 Å². The first-order valence-electron chi connectivity index (χ1n) is 6.91. The number of allylic oxidation sites excluding steroid dienone is 3. The standard InChI is InChI=1S/C15H30O3PSi.ClH/c1-7-11-19(12-8-2,13-9-3)14-10-15-20(16-4,17-5)18-6;/h7-9H,1-3,10-15H2,4-6H3;1H/q+1;/p-1. The molecule has 0 unspecified atom stereocenters. The van der Waals surface area contributed by atoms with E-state index in [1.807, 2.05) is 18.2 Å². The van der Waals surface area contributed by atoms with Crippen LogP contribution < -0.4 is 12.4 Å². The Kier molecular flexibility index (Phi) is 13.9. The molecule has 0 aliphatic heterocycles. The zero-order valence-corrected chi connectivity index (χ0v) is 16.3. The third-order valence-corrected chi connectivity index (χ3v) is 10.8. The van der Waals surface area contributed by atoms with Gasteiger partial charge in [0, 0.05) is 34.6 Å². The monoisotopic (exact) mass is 352 g/mol. The van der Waals surface area contributed by atoms with E-state index in [2.05, 4.69) is 19.7 Å². The summed E-state index contributed by atoms with van der Waals surface area (Å²) in [5, 5.41) is 0. The minimum absolute atomic E-state index is 0. The summed E-state index contributed by atoms with van der Waals surface area (Å²) >= 11 is 0. The molecule has 21 heavy (non-hydrogen) atoms. The van der Waals surface area contributed by atoms with Crippen molar-refractivity contribution in [2.24, 2.45) is 0 Å². The van der Waals surface area contributed by atoms with Crippen molar-refractivity contribution in [2.45, 2.75) is 12.5 Å². The van der Waals surface area contributed by atoms with Crippen LogP contribution >= 0.6 is 7.26 Å². The summed E-state index contributed by atoms with van der Waals surface area (Å²) in [7, 11) is 1.44. The van der Waals surface area contributed by atoms with Crippen LogP contribution in [-0.2, 0) is 13.3 Å². The molecule has 0 aliphatic carbocycles. The van der Waals surface area contributed by atoms with Crippen LogP contribution in [0.4, 0.5) is 0 Å². The first-order chi connectivity index (χ1) is 9.57. The maximum absolute atomic E-state index is 5.48. The Morgan fingerprint density at radius 1 is 0.857 bits per heavy atom. The minimum atomic E-state index is -2.45. The topological polar surface area (TPSA) is 27.7 Å². The molecule has 0 saturated carbocycles. The summed E-state index contributed by atoms with van der Waals surface area (Å²) in [4.78, 5) is 0. The number of hydrogen-bond acceptors (Lipinski definition) is 3. The van der Waals surface area contributed by atoms with Gasteiger partial charge in [0.2, 0.25) is 0 Å². The van der Waals surface area contributed by atoms with E-state index in [1.165, 1.54) is 6.16 Å². The van der Waals surface area contributed by atoms with Crippen molar-refractivity contribution < 1.29 is 25.7 Å². The number of rotatable bonds is 13. The van der Waals surface area contributed by atoms with Gasteiger partial charge in [0.05, 0.1) is 24.6 Å². The lowest BCUT2D eigenvalue weighted by molar-refractivity contribution is -0.00000897. The molecule has 0 heterocycles. The Morgan fingerprint density at radius 3 is 1.52 bits per heavy atom. The van der Waals surface area contributed by atoms with Crippen molar-refractivity contribution in [3.8, 4) is 0 Å². The number of hydrogen-bond donors (Lipinski definition) is 0. The molecule has 0 aromatic carbocycles. The molecule has 0 atom stereocenters. The van der Waals surface area contributed by atoms with Gasteiger partial charge in [-0.25, -0.2) is 0 Å². The van der Waals surface area contributed by atoms with Crippen molar-refractivity contribution >= 4 is 16.1 Å². The van der Waals surface area contributed by atoms with Gasteiger partial charge in [0.1, 0.15) is 0 Å². The molecule has 0 radical (unpaired) electrons.